The molecule has 0 radical (unpaired) electrons. The van der Waals surface area contributed by atoms with Gasteiger partial charge in [0.15, 0.2) is 0 Å². The first-order valence-electron chi connectivity index (χ1n) is 7.88. The van der Waals surface area contributed by atoms with Crippen LogP contribution < -0.4 is 10.6 Å². The van der Waals surface area contributed by atoms with Crippen LogP contribution in [-0.2, 0) is 11.3 Å². The Bertz CT molecular complexity index is 872. The molecule has 0 spiro atoms. The van der Waals surface area contributed by atoms with E-state index >= 15 is 0 Å². The zero-order valence-corrected chi connectivity index (χ0v) is 14.1. The lowest BCUT2D eigenvalue weighted by Gasteiger charge is -2.16. The van der Waals surface area contributed by atoms with Crippen molar-refractivity contribution in [3.63, 3.8) is 0 Å². The molecule has 0 aliphatic heterocycles. The van der Waals surface area contributed by atoms with Gasteiger partial charge in [-0.2, -0.15) is 5.26 Å². The maximum absolute atomic E-state index is 12.4. The minimum Gasteiger partial charge on any atom is -0.478 e. The number of non-ortho nitro benzene ring substituents is 1. The molecule has 2 aromatic carbocycles. The topological polar surface area (TPSA) is 145 Å². The molecule has 0 saturated carbocycles. The Morgan fingerprint density at radius 3 is 2.30 bits per heavy atom. The van der Waals surface area contributed by atoms with Crippen molar-refractivity contribution in [3.8, 4) is 6.07 Å². The van der Waals surface area contributed by atoms with E-state index in [9.17, 15) is 19.7 Å². The number of rotatable bonds is 8. The van der Waals surface area contributed by atoms with Crippen molar-refractivity contribution in [2.75, 3.05) is 5.32 Å². The van der Waals surface area contributed by atoms with Crippen LogP contribution in [0.3, 0.4) is 0 Å². The summed E-state index contributed by atoms with van der Waals surface area (Å²) in [6.07, 6.45) is -0.0774. The lowest BCUT2D eigenvalue weighted by atomic mass is 10.1. The highest BCUT2D eigenvalue weighted by atomic mass is 16.6. The molecule has 0 bridgehead atoms. The fraction of sp³-hybridized carbons (Fsp3) is 0.167. The SMILES string of the molecule is N#CC[C@H](NCc1ccc([N+](=O)[O-])cc1)C(=O)Nc1ccc(C(=O)O)cc1. The van der Waals surface area contributed by atoms with E-state index in [-0.39, 0.29) is 24.2 Å². The minimum absolute atomic E-state index is 0.0325. The van der Waals surface area contributed by atoms with Gasteiger partial charge in [0.25, 0.3) is 5.69 Å². The smallest absolute Gasteiger partial charge is 0.335 e. The summed E-state index contributed by atoms with van der Waals surface area (Å²) < 4.78 is 0. The molecule has 0 heterocycles. The van der Waals surface area contributed by atoms with Gasteiger partial charge in [0.05, 0.1) is 23.0 Å². The van der Waals surface area contributed by atoms with E-state index in [0.29, 0.717) is 5.69 Å². The van der Waals surface area contributed by atoms with Gasteiger partial charge >= 0.3 is 5.97 Å². The summed E-state index contributed by atoms with van der Waals surface area (Å²) in [6.45, 7) is 0.246. The summed E-state index contributed by atoms with van der Waals surface area (Å²) in [7, 11) is 0. The van der Waals surface area contributed by atoms with Crippen LogP contribution in [-0.4, -0.2) is 27.9 Å². The first kappa shape index (κ1) is 19.6. The number of nitriles is 1. The molecule has 9 nitrogen and oxygen atoms in total. The van der Waals surface area contributed by atoms with Crippen LogP contribution in [0.25, 0.3) is 0 Å². The fourth-order valence-corrected chi connectivity index (χ4v) is 2.25. The number of nitrogens with zero attached hydrogens (tertiary/aromatic N) is 2. The summed E-state index contributed by atoms with van der Waals surface area (Å²) >= 11 is 0. The quantitative estimate of drug-likeness (QED) is 0.478. The van der Waals surface area contributed by atoms with Gasteiger partial charge in [0, 0.05) is 24.4 Å². The number of nitro benzene ring substituents is 1. The number of carbonyl (C=O) groups excluding carboxylic acids is 1. The number of hydrogen-bond donors (Lipinski definition) is 3. The first-order valence-corrected chi connectivity index (χ1v) is 7.88. The second kappa shape index (κ2) is 9.07. The Morgan fingerprint density at radius 2 is 1.78 bits per heavy atom. The Hall–Kier alpha value is -3.77. The predicted octanol–water partition coefficient (Wildman–Crippen LogP) is 2.30. The van der Waals surface area contributed by atoms with Gasteiger partial charge in [-0.3, -0.25) is 14.9 Å². The highest BCUT2D eigenvalue weighted by Crippen LogP contribution is 2.13. The highest BCUT2D eigenvalue weighted by molar-refractivity contribution is 5.95. The second-order valence-corrected chi connectivity index (χ2v) is 5.59. The van der Waals surface area contributed by atoms with Crippen LogP contribution in [0, 0.1) is 21.4 Å². The van der Waals surface area contributed by atoms with Gasteiger partial charge in [-0.25, -0.2) is 4.79 Å². The lowest BCUT2D eigenvalue weighted by Crippen LogP contribution is -2.39. The molecule has 2 rings (SSSR count). The van der Waals surface area contributed by atoms with Crippen molar-refractivity contribution in [1.82, 2.24) is 5.32 Å². The molecule has 138 valence electrons. The van der Waals surface area contributed by atoms with E-state index in [2.05, 4.69) is 10.6 Å². The first-order chi connectivity index (χ1) is 12.9. The van der Waals surface area contributed by atoms with Crippen LogP contribution in [0.1, 0.15) is 22.3 Å². The van der Waals surface area contributed by atoms with Gasteiger partial charge in [0.1, 0.15) is 6.04 Å². The number of aromatic carboxylic acids is 1. The normalized spacial score (nSPS) is 11.2. The maximum Gasteiger partial charge on any atom is 0.335 e. The van der Waals surface area contributed by atoms with E-state index in [1.807, 2.05) is 6.07 Å². The number of hydrogen-bond acceptors (Lipinski definition) is 6. The molecule has 0 aliphatic carbocycles. The van der Waals surface area contributed by atoms with Crippen molar-refractivity contribution < 1.29 is 19.6 Å². The molecule has 27 heavy (non-hydrogen) atoms. The fourth-order valence-electron chi connectivity index (χ4n) is 2.25. The van der Waals surface area contributed by atoms with Crippen LogP contribution in [0.5, 0.6) is 0 Å². The molecule has 0 aliphatic rings. The van der Waals surface area contributed by atoms with E-state index in [1.54, 1.807) is 12.1 Å². The number of amides is 1. The molecular weight excluding hydrogens is 352 g/mol. The number of nitro groups is 1. The average Bonchev–Trinajstić information content (AvgIpc) is 2.65. The molecule has 0 unspecified atom stereocenters. The number of carboxylic acid groups (broad SMARTS) is 1. The van der Waals surface area contributed by atoms with E-state index in [4.69, 9.17) is 10.4 Å². The second-order valence-electron chi connectivity index (χ2n) is 5.59. The molecule has 0 fully saturated rings. The predicted molar refractivity (Wildman–Crippen MR) is 96.0 cm³/mol. The third-order valence-corrected chi connectivity index (χ3v) is 3.71. The highest BCUT2D eigenvalue weighted by Gasteiger charge is 2.18. The number of carbonyl (C=O) groups is 2. The van der Waals surface area contributed by atoms with Crippen LogP contribution >= 0.6 is 0 Å². The van der Waals surface area contributed by atoms with Crippen molar-refractivity contribution in [2.45, 2.75) is 19.0 Å². The summed E-state index contributed by atoms with van der Waals surface area (Å²) in [4.78, 5) is 33.3. The number of benzene rings is 2. The van der Waals surface area contributed by atoms with Crippen LogP contribution in [0.15, 0.2) is 48.5 Å². The number of anilines is 1. The summed E-state index contributed by atoms with van der Waals surface area (Å²) in [5.74, 6) is -1.51. The number of nitrogens with one attached hydrogen (secondary N) is 2. The Balaban J connectivity index is 1.98. The van der Waals surface area contributed by atoms with E-state index < -0.39 is 22.8 Å². The minimum atomic E-state index is -1.07. The van der Waals surface area contributed by atoms with E-state index in [1.165, 1.54) is 36.4 Å². The third kappa shape index (κ3) is 5.62. The van der Waals surface area contributed by atoms with Crippen LogP contribution in [0.2, 0.25) is 0 Å². The van der Waals surface area contributed by atoms with Gasteiger partial charge in [0.2, 0.25) is 5.91 Å². The zero-order valence-electron chi connectivity index (χ0n) is 14.1. The molecule has 0 aromatic heterocycles. The molecule has 0 saturated heterocycles. The Kier molecular flexibility index (Phi) is 6.57. The van der Waals surface area contributed by atoms with Crippen molar-refractivity contribution in [2.24, 2.45) is 0 Å². The largest absolute Gasteiger partial charge is 0.478 e. The monoisotopic (exact) mass is 368 g/mol. The maximum atomic E-state index is 12.4. The summed E-state index contributed by atoms with van der Waals surface area (Å²) in [5, 5.41) is 34.0. The molecule has 2 aromatic rings. The Morgan fingerprint density at radius 1 is 1.15 bits per heavy atom. The molecule has 1 atom stereocenters. The molecule has 3 N–H and O–H groups in total. The number of carboxylic acids is 1. The standard InChI is InChI=1S/C18H16N4O5/c19-10-9-16(20-11-12-1-7-15(8-2-12)22(26)27)17(23)21-14-5-3-13(4-6-14)18(24)25/h1-8,16,20H,9,11H2,(H,21,23)(H,24,25)/t16-/m0/s1. The lowest BCUT2D eigenvalue weighted by molar-refractivity contribution is -0.384. The van der Waals surface area contributed by atoms with Crippen LogP contribution in [0.4, 0.5) is 11.4 Å². The zero-order chi connectivity index (χ0) is 19.8. The van der Waals surface area contributed by atoms with Crippen molar-refractivity contribution in [1.29, 1.82) is 5.26 Å². The van der Waals surface area contributed by atoms with Crippen molar-refractivity contribution >= 4 is 23.3 Å². The third-order valence-electron chi connectivity index (χ3n) is 3.71. The average molecular weight is 368 g/mol. The summed E-state index contributed by atoms with van der Waals surface area (Å²) in [6, 6.07) is 12.6. The van der Waals surface area contributed by atoms with Gasteiger partial charge < -0.3 is 15.7 Å². The van der Waals surface area contributed by atoms with Gasteiger partial charge in [-0.1, -0.05) is 12.1 Å². The molecule has 9 heteroatoms. The van der Waals surface area contributed by atoms with Gasteiger partial charge in [-0.05, 0) is 29.8 Å². The Labute approximate surface area is 154 Å². The molecule has 1 amide bonds. The summed E-state index contributed by atoms with van der Waals surface area (Å²) in [5.41, 5.74) is 1.19. The molecular formula is C18H16N4O5. The van der Waals surface area contributed by atoms with Crippen molar-refractivity contribution in [3.05, 3.63) is 69.8 Å². The van der Waals surface area contributed by atoms with E-state index in [0.717, 1.165) is 5.56 Å². The van der Waals surface area contributed by atoms with Gasteiger partial charge in [-0.15, -0.1) is 0 Å².